The van der Waals surface area contributed by atoms with E-state index in [4.69, 9.17) is 49.1 Å². The molecule has 3 atom stereocenters. The van der Waals surface area contributed by atoms with Crippen molar-refractivity contribution in [3.63, 3.8) is 0 Å². The monoisotopic (exact) mass is 1960 g/mol. The predicted molar refractivity (Wildman–Crippen MR) is 448 cm³/mol. The van der Waals surface area contributed by atoms with Crippen LogP contribution in [0.4, 0.5) is 71.9 Å². The van der Waals surface area contributed by atoms with Crippen LogP contribution in [0, 0.1) is 69.8 Å². The summed E-state index contributed by atoms with van der Waals surface area (Å²) in [5.41, 5.74) is -0.532. The van der Waals surface area contributed by atoms with Crippen LogP contribution in [0.2, 0.25) is 0 Å². The fraction of sp³-hybridized carbons (Fsp3) is 0.352. The van der Waals surface area contributed by atoms with Gasteiger partial charge in [0, 0.05) is 90.8 Å². The summed E-state index contributed by atoms with van der Waals surface area (Å²) in [6.07, 6.45) is -1.10. The molecule has 8 rings (SSSR count). The first-order chi connectivity index (χ1) is 61.5. The number of hydrogen-bond donors (Lipinski definition) is 6. The molecule has 34 nitrogen and oxygen atoms in total. The number of carbonyl (C=O) groups excluding carboxylic acids is 11. The Labute approximate surface area is 808 Å². The summed E-state index contributed by atoms with van der Waals surface area (Å²) in [5.74, 6) is -18.1. The van der Waals surface area contributed by atoms with Gasteiger partial charge in [0.25, 0.3) is 5.97 Å². The molecule has 0 fully saturated rings. The number of carboxylic acid groups (broad SMARTS) is 2. The molecule has 2 amide bonds. The van der Waals surface area contributed by atoms with Gasteiger partial charge in [0.15, 0.2) is 29.6 Å². The Morgan fingerprint density at radius 1 is 0.459 bits per heavy atom. The van der Waals surface area contributed by atoms with Crippen molar-refractivity contribution in [2.75, 3.05) is 63.9 Å². The Balaban J connectivity index is 0. The number of aldehydes is 1. The van der Waals surface area contributed by atoms with Crippen LogP contribution < -0.4 is 72.5 Å². The molecular formula is C88H100F12KN6O28-. The van der Waals surface area contributed by atoms with Gasteiger partial charge in [0.1, 0.15) is 133 Å². The summed E-state index contributed by atoms with van der Waals surface area (Å²) in [5, 5.41) is 32.0. The number of rotatable bonds is 21. The van der Waals surface area contributed by atoms with Crippen LogP contribution in [-0.2, 0) is 76.1 Å². The average Bonchev–Trinajstić information content (AvgIpc) is 1.62. The first kappa shape index (κ1) is 124. The number of esters is 4. The maximum atomic E-state index is 14.3. The molecule has 6 aromatic carbocycles. The van der Waals surface area contributed by atoms with Crippen molar-refractivity contribution in [1.29, 1.82) is 0 Å². The van der Waals surface area contributed by atoms with Gasteiger partial charge in [-0.3, -0.25) is 35.2 Å². The number of ketones is 1. The number of ether oxygens (including phenoxy) is 11. The number of nitrogens with two attached hydrogens (primary N) is 1. The molecule has 8 aromatic rings. The summed E-state index contributed by atoms with van der Waals surface area (Å²) in [7, 11) is 12.8. The van der Waals surface area contributed by atoms with Crippen molar-refractivity contribution in [3.8, 4) is 34.0 Å². The number of halogens is 12. The van der Waals surface area contributed by atoms with Crippen molar-refractivity contribution < 1.29 is 239 Å². The van der Waals surface area contributed by atoms with Crippen LogP contribution in [0.15, 0.2) is 122 Å². The van der Waals surface area contributed by atoms with Crippen LogP contribution in [0.1, 0.15) is 162 Å². The molecule has 0 bridgehead atoms. The predicted octanol–water partition coefficient (Wildman–Crippen LogP) is 12.4. The number of nitrogens with one attached hydrogen (secondary N) is 2. The summed E-state index contributed by atoms with van der Waals surface area (Å²) in [6, 6.07) is 11.1. The van der Waals surface area contributed by atoms with Gasteiger partial charge in [-0.25, -0.2) is 95.4 Å². The number of aromatic nitrogens is 2. The molecule has 135 heavy (non-hydrogen) atoms. The van der Waals surface area contributed by atoms with E-state index >= 15 is 0 Å². The van der Waals surface area contributed by atoms with E-state index in [0.717, 1.165) is 116 Å². The number of aromatic hydroxyl groups is 1. The van der Waals surface area contributed by atoms with Gasteiger partial charge in [-0.1, -0.05) is 24.6 Å². The van der Waals surface area contributed by atoms with E-state index in [-0.39, 0.29) is 131 Å². The van der Waals surface area contributed by atoms with Crippen LogP contribution in [0.5, 0.6) is 11.5 Å². The summed E-state index contributed by atoms with van der Waals surface area (Å²) in [4.78, 5) is 148. The minimum absolute atomic E-state index is 0. The first-order valence-electron chi connectivity index (χ1n) is 38.0. The second-order valence-corrected chi connectivity index (χ2v) is 30.5. The molecule has 0 saturated heterocycles. The Morgan fingerprint density at radius 2 is 0.800 bits per heavy atom. The zero-order valence-corrected chi connectivity index (χ0v) is 80.0. The number of Topliss-reactive ketones (excluding diaryl/α,β-unsaturated/α-hetero) is 1. The van der Waals surface area contributed by atoms with Gasteiger partial charge < -0.3 is 94.1 Å². The number of carboxylic acids is 2. The number of benzene rings is 6. The van der Waals surface area contributed by atoms with Gasteiger partial charge in [0.2, 0.25) is 6.41 Å². The molecule has 0 aliphatic heterocycles. The fourth-order valence-electron chi connectivity index (χ4n) is 9.87. The molecule has 0 radical (unpaired) electrons. The van der Waals surface area contributed by atoms with E-state index in [1.165, 1.54) is 20.5 Å². The summed E-state index contributed by atoms with van der Waals surface area (Å²) in [6.45, 7) is 19.4. The number of nitrogens with zero attached hydrogens (tertiary/aromatic N) is 3. The Bertz CT molecular complexity index is 5380. The van der Waals surface area contributed by atoms with Gasteiger partial charge in [-0.2, -0.15) is 0 Å². The van der Waals surface area contributed by atoms with Crippen molar-refractivity contribution in [2.45, 2.75) is 143 Å². The molecule has 2 heterocycles. The van der Waals surface area contributed by atoms with Crippen LogP contribution in [-0.4, -0.2) is 206 Å². The van der Waals surface area contributed by atoms with Crippen LogP contribution in [0.3, 0.4) is 0 Å². The van der Waals surface area contributed by atoms with Gasteiger partial charge >= 0.3 is 106 Å². The first-order valence-corrected chi connectivity index (χ1v) is 38.0. The molecule has 0 spiro atoms. The van der Waals surface area contributed by atoms with E-state index < -0.39 is 188 Å². The van der Waals surface area contributed by atoms with Crippen molar-refractivity contribution in [2.24, 2.45) is 5.73 Å². The zero-order valence-electron chi connectivity index (χ0n) is 76.9. The maximum absolute atomic E-state index is 14.3. The third-order valence-electron chi connectivity index (χ3n) is 15.4. The Hall–Kier alpha value is -12.6. The van der Waals surface area contributed by atoms with E-state index in [1.54, 1.807) is 97.3 Å². The smallest absolute Gasteiger partial charge is 0.870 e. The topological polar surface area (TPSA) is 477 Å². The van der Waals surface area contributed by atoms with Crippen LogP contribution in [0.25, 0.3) is 22.5 Å². The SMILES string of the molecule is CC(C)(C)OC(=O)NC(C(=O)O)c1ccc(F)cc1F.COC(=O)CC(=O)C(NC(=O)OC(C)(C)C)c1ccc(F)cc1F.COC(=O)C[C-]=O.COC(=O)c1cn(C(=O)OC(C)(C)C)c(-c2ccc(F)cc2F)c1O.COC(=O)c1cn(C(=O)OC(C)(C)C)c(-c2ccc(F)cc2F)c1OC.COC(OC)N(C)C.NC(C(=O)O)c1ccc(F)cc1F.O=Cc1ccc(F)cc1F.[K+].[OH-]. The maximum Gasteiger partial charge on any atom is 1.00 e. The summed E-state index contributed by atoms with van der Waals surface area (Å²) >= 11 is 0. The zero-order chi connectivity index (χ0) is 102. The number of hydrogen-bond acceptors (Lipinski definition) is 28. The number of amides is 2. The number of aliphatic carboxylic acids is 2. The minimum atomic E-state index is -1.66. The van der Waals surface area contributed by atoms with Crippen molar-refractivity contribution in [3.05, 3.63) is 225 Å². The quantitative estimate of drug-likeness (QED) is 0.00569. The van der Waals surface area contributed by atoms with E-state index in [0.29, 0.717) is 42.7 Å². The second kappa shape index (κ2) is 57.8. The number of alkyl carbamates (subject to hydrolysis) is 2. The van der Waals surface area contributed by atoms with Crippen LogP contribution >= 0.6 is 0 Å². The molecule has 3 unspecified atom stereocenters. The second-order valence-electron chi connectivity index (χ2n) is 30.5. The molecule has 0 aliphatic rings. The van der Waals surface area contributed by atoms with E-state index in [9.17, 15) is 120 Å². The standard InChI is InChI=1S/C18H19F2NO5.C17H17F2NO5.C16H19F2NO5.C13H15F2NO4.C8H7F2NO2.C7H4F2O.C5H13NO2.C4H5O3.K.H2O/c1-18(2,3)26-17(23)21-9-12(16(22)25-5)15(24-4)14(21)11-7-6-10(19)8-13(11)20;1-17(2,3)25-16(23)20-8-11(15(22)24-4)14(21)13(20)10-6-5-9(18)7-12(10)19;1-16(2,3)24-15(22)19-14(12(20)8-13(21)23-4)10-6-5-9(17)7-11(10)18;1-13(2,3)20-12(19)16-10(11(17)18)8-5-4-7(14)6-9(8)15;9-4-1-2-5(6(10)3-4)7(11)8(12)13;8-6-2-1-5(4-10)7(9)3-6;1-6(2)5(7-3)8-4;1-7-4(6)2-3-5;;/h6-9H,1-5H3;5-8,21H,1-4H3;5-7,14H,8H2,1-4H3,(H,19,22);4-6,10H,1-3H3,(H,16,19)(H,17,18);1-3,7H,11H2,(H,12,13);1-4H;5H,1-4H3;2H2,1H3;;1H2/q;;;;;;;-1;+1;/p-1. The van der Waals surface area contributed by atoms with E-state index in [2.05, 4.69) is 24.3 Å². The molecule has 0 aliphatic carbocycles. The fourth-order valence-corrected chi connectivity index (χ4v) is 9.87. The molecule has 2 aromatic heterocycles. The third kappa shape index (κ3) is 43.1. The normalized spacial score (nSPS) is 11.3. The number of methoxy groups -OCH3 is 7. The molecular weight excluding hydrogens is 1860 g/mol. The number of carbonyl (C=O) groups is 12. The van der Waals surface area contributed by atoms with E-state index in [1.807, 2.05) is 24.3 Å². The largest absolute Gasteiger partial charge is 1.00 e. The Morgan fingerprint density at radius 3 is 1.11 bits per heavy atom. The van der Waals surface area contributed by atoms with Gasteiger partial charge in [0.05, 0.1) is 41.1 Å². The molecule has 0 saturated carbocycles. The molecule has 8 N–H and O–H groups in total. The Kier molecular flexibility index (Phi) is 53.3. The van der Waals surface area contributed by atoms with Crippen molar-refractivity contribution >= 4 is 78.5 Å². The summed E-state index contributed by atoms with van der Waals surface area (Å²) < 4.78 is 213. The van der Waals surface area contributed by atoms with Gasteiger partial charge in [-0.05, 0) is 152 Å². The van der Waals surface area contributed by atoms with Gasteiger partial charge in [-0.15, -0.1) is 0 Å². The third-order valence-corrected chi connectivity index (χ3v) is 15.4. The molecule has 47 heteroatoms. The average molecular weight is 1960 g/mol. The molecule has 736 valence electrons. The minimum Gasteiger partial charge on any atom is -0.870 e. The van der Waals surface area contributed by atoms with Crippen molar-refractivity contribution in [1.82, 2.24) is 24.7 Å².